The zero-order chi connectivity index (χ0) is 14.0. The Kier molecular flexibility index (Phi) is 3.64. The molecule has 2 aromatic heterocycles. The van der Waals surface area contributed by atoms with Gasteiger partial charge in [0.15, 0.2) is 0 Å². The molecule has 1 atom stereocenters. The number of nitrogens with zero attached hydrogens (tertiary/aromatic N) is 2. The van der Waals surface area contributed by atoms with E-state index in [1.165, 1.54) is 4.57 Å². The molecule has 0 aliphatic heterocycles. The topological polar surface area (TPSA) is 64.0 Å². The number of rotatable bonds is 3. The molecule has 2 aromatic rings. The molecule has 2 rings (SSSR count). The minimum Gasteiger partial charge on any atom is -0.349 e. The van der Waals surface area contributed by atoms with Crippen LogP contribution in [0, 0.1) is 0 Å². The van der Waals surface area contributed by atoms with Gasteiger partial charge in [0.25, 0.3) is 11.5 Å². The summed E-state index contributed by atoms with van der Waals surface area (Å²) in [5.41, 5.74) is 0.405. The van der Waals surface area contributed by atoms with Gasteiger partial charge in [-0.2, -0.15) is 0 Å². The molecular weight excluding hydrogens is 242 g/mol. The maximum absolute atomic E-state index is 12.2. The molecule has 1 amide bonds. The predicted molar refractivity (Wildman–Crippen MR) is 74.2 cm³/mol. The zero-order valence-electron chi connectivity index (χ0n) is 11.3. The standard InChI is InChI=1S/C14H17N3O2/c1-4-9(2)16-13(18)11-8-10-6-5-7-15-12(10)17(3)14(11)19/h5-9H,4H2,1-3H3,(H,16,18)/t9-/m1/s1. The third-order valence-electron chi connectivity index (χ3n) is 3.20. The van der Waals surface area contributed by atoms with E-state index >= 15 is 0 Å². The van der Waals surface area contributed by atoms with E-state index in [0.29, 0.717) is 5.65 Å². The lowest BCUT2D eigenvalue weighted by molar-refractivity contribution is 0.0937. The minimum absolute atomic E-state index is 0.0433. The van der Waals surface area contributed by atoms with E-state index in [9.17, 15) is 9.59 Å². The van der Waals surface area contributed by atoms with Crippen LogP contribution in [0.15, 0.2) is 29.2 Å². The van der Waals surface area contributed by atoms with Crippen LogP contribution in [-0.2, 0) is 7.05 Å². The van der Waals surface area contributed by atoms with E-state index in [2.05, 4.69) is 10.3 Å². The molecule has 0 aliphatic rings. The number of fused-ring (bicyclic) bond motifs is 1. The Balaban J connectivity index is 2.53. The van der Waals surface area contributed by atoms with Crippen LogP contribution in [0.1, 0.15) is 30.6 Å². The van der Waals surface area contributed by atoms with Gasteiger partial charge in [0.2, 0.25) is 0 Å². The molecule has 5 heteroatoms. The van der Waals surface area contributed by atoms with Gasteiger partial charge in [0, 0.05) is 24.7 Å². The van der Waals surface area contributed by atoms with Crippen LogP contribution in [0.5, 0.6) is 0 Å². The smallest absolute Gasteiger partial charge is 0.264 e. The zero-order valence-corrected chi connectivity index (χ0v) is 11.3. The summed E-state index contributed by atoms with van der Waals surface area (Å²) in [6.45, 7) is 3.89. The van der Waals surface area contributed by atoms with E-state index < -0.39 is 0 Å². The fraction of sp³-hybridized carbons (Fsp3) is 0.357. The molecule has 0 fully saturated rings. The molecule has 100 valence electrons. The van der Waals surface area contributed by atoms with Gasteiger partial charge in [0.05, 0.1) is 0 Å². The van der Waals surface area contributed by atoms with E-state index in [0.717, 1.165) is 11.8 Å². The Labute approximate surface area is 111 Å². The molecule has 0 saturated carbocycles. The van der Waals surface area contributed by atoms with Crippen molar-refractivity contribution in [3.8, 4) is 0 Å². The average molecular weight is 259 g/mol. The quantitative estimate of drug-likeness (QED) is 0.907. The van der Waals surface area contributed by atoms with Crippen molar-refractivity contribution in [1.29, 1.82) is 0 Å². The molecule has 0 radical (unpaired) electrons. The summed E-state index contributed by atoms with van der Waals surface area (Å²) in [6, 6.07) is 5.26. The fourth-order valence-corrected chi connectivity index (χ4v) is 1.86. The maximum atomic E-state index is 12.2. The highest BCUT2D eigenvalue weighted by molar-refractivity contribution is 5.97. The number of hydrogen-bond donors (Lipinski definition) is 1. The first-order chi connectivity index (χ1) is 9.04. The van der Waals surface area contributed by atoms with Crippen LogP contribution in [0.2, 0.25) is 0 Å². The highest BCUT2D eigenvalue weighted by Crippen LogP contribution is 2.09. The Hall–Kier alpha value is -2.17. The molecule has 2 heterocycles. The number of pyridine rings is 2. The van der Waals surface area contributed by atoms with E-state index in [-0.39, 0.29) is 23.1 Å². The van der Waals surface area contributed by atoms with Gasteiger partial charge in [-0.05, 0) is 31.5 Å². The van der Waals surface area contributed by atoms with Crippen molar-refractivity contribution in [2.45, 2.75) is 26.3 Å². The summed E-state index contributed by atoms with van der Waals surface area (Å²) in [6.07, 6.45) is 2.45. The summed E-state index contributed by atoms with van der Waals surface area (Å²) in [4.78, 5) is 28.4. The second-order valence-corrected chi connectivity index (χ2v) is 4.62. The molecule has 0 saturated heterocycles. The maximum Gasteiger partial charge on any atom is 0.264 e. The monoisotopic (exact) mass is 259 g/mol. The summed E-state index contributed by atoms with van der Waals surface area (Å²) >= 11 is 0. The van der Waals surface area contributed by atoms with Crippen molar-refractivity contribution in [2.75, 3.05) is 0 Å². The molecule has 0 aliphatic carbocycles. The van der Waals surface area contributed by atoms with Crippen LogP contribution in [0.4, 0.5) is 0 Å². The third-order valence-corrected chi connectivity index (χ3v) is 3.20. The van der Waals surface area contributed by atoms with Crippen molar-refractivity contribution < 1.29 is 4.79 Å². The molecule has 19 heavy (non-hydrogen) atoms. The lowest BCUT2D eigenvalue weighted by Gasteiger charge is -2.12. The van der Waals surface area contributed by atoms with Crippen LogP contribution in [0.3, 0.4) is 0 Å². The first-order valence-corrected chi connectivity index (χ1v) is 6.30. The number of aromatic nitrogens is 2. The number of amides is 1. The Morgan fingerprint density at radius 1 is 1.53 bits per heavy atom. The number of hydrogen-bond acceptors (Lipinski definition) is 3. The van der Waals surface area contributed by atoms with Gasteiger partial charge in [-0.1, -0.05) is 6.92 Å². The lowest BCUT2D eigenvalue weighted by atomic mass is 10.1. The summed E-state index contributed by atoms with van der Waals surface area (Å²) < 4.78 is 1.40. The second-order valence-electron chi connectivity index (χ2n) is 4.62. The predicted octanol–water partition coefficient (Wildman–Crippen LogP) is 1.46. The summed E-state index contributed by atoms with van der Waals surface area (Å²) in [7, 11) is 1.62. The van der Waals surface area contributed by atoms with Crippen LogP contribution in [0.25, 0.3) is 11.0 Å². The molecule has 0 aromatic carbocycles. The van der Waals surface area contributed by atoms with Crippen molar-refractivity contribution >= 4 is 16.9 Å². The van der Waals surface area contributed by atoms with Crippen molar-refractivity contribution in [3.63, 3.8) is 0 Å². The van der Waals surface area contributed by atoms with Gasteiger partial charge in [-0.15, -0.1) is 0 Å². The van der Waals surface area contributed by atoms with Crippen molar-refractivity contribution in [1.82, 2.24) is 14.9 Å². The number of nitrogens with one attached hydrogen (secondary N) is 1. The van der Waals surface area contributed by atoms with Crippen LogP contribution >= 0.6 is 0 Å². The Morgan fingerprint density at radius 2 is 2.26 bits per heavy atom. The van der Waals surface area contributed by atoms with Gasteiger partial charge < -0.3 is 5.32 Å². The third kappa shape index (κ3) is 2.50. The molecule has 0 unspecified atom stereocenters. The first-order valence-electron chi connectivity index (χ1n) is 6.30. The molecule has 0 bridgehead atoms. The lowest BCUT2D eigenvalue weighted by Crippen LogP contribution is -2.37. The van der Waals surface area contributed by atoms with Crippen molar-refractivity contribution in [3.05, 3.63) is 40.3 Å². The first kappa shape index (κ1) is 13.3. The second kappa shape index (κ2) is 5.22. The SMILES string of the molecule is CC[C@@H](C)NC(=O)c1cc2cccnc2n(C)c1=O. The van der Waals surface area contributed by atoms with Gasteiger partial charge in [-0.25, -0.2) is 4.98 Å². The molecular formula is C14H17N3O2. The normalized spacial score (nSPS) is 12.4. The van der Waals surface area contributed by atoms with E-state index in [1.54, 1.807) is 25.4 Å². The molecule has 5 nitrogen and oxygen atoms in total. The minimum atomic E-state index is -0.333. The Morgan fingerprint density at radius 3 is 2.95 bits per heavy atom. The summed E-state index contributed by atoms with van der Waals surface area (Å²) in [5, 5.41) is 3.58. The van der Waals surface area contributed by atoms with Gasteiger partial charge in [-0.3, -0.25) is 14.2 Å². The van der Waals surface area contributed by atoms with Crippen LogP contribution < -0.4 is 10.9 Å². The highest BCUT2D eigenvalue weighted by Gasteiger charge is 2.15. The van der Waals surface area contributed by atoms with E-state index in [1.807, 2.05) is 19.9 Å². The van der Waals surface area contributed by atoms with Gasteiger partial charge in [0.1, 0.15) is 11.2 Å². The number of aryl methyl sites for hydroxylation is 1. The average Bonchev–Trinajstić information content (AvgIpc) is 2.42. The van der Waals surface area contributed by atoms with Crippen molar-refractivity contribution in [2.24, 2.45) is 7.05 Å². The largest absolute Gasteiger partial charge is 0.349 e. The summed E-state index contributed by atoms with van der Waals surface area (Å²) in [5.74, 6) is -0.333. The fourth-order valence-electron chi connectivity index (χ4n) is 1.86. The number of carbonyl (C=O) groups is 1. The van der Waals surface area contributed by atoms with E-state index in [4.69, 9.17) is 0 Å². The number of carbonyl (C=O) groups excluding carboxylic acids is 1. The molecule has 1 N–H and O–H groups in total. The van der Waals surface area contributed by atoms with Gasteiger partial charge >= 0.3 is 0 Å². The Bertz CT molecular complexity index is 676. The molecule has 0 spiro atoms. The highest BCUT2D eigenvalue weighted by atomic mass is 16.2. The van der Waals surface area contributed by atoms with Crippen LogP contribution in [-0.4, -0.2) is 21.5 Å².